The lowest BCUT2D eigenvalue weighted by Gasteiger charge is -2.45. The number of aryl methyl sites for hydroxylation is 1. The minimum Gasteiger partial charge on any atom is -0.293 e. The lowest BCUT2D eigenvalue weighted by Crippen LogP contribution is -2.33. The van der Waals surface area contributed by atoms with Gasteiger partial charge in [0.05, 0.1) is 11.4 Å². The summed E-state index contributed by atoms with van der Waals surface area (Å²) < 4.78 is 2.38. The molecule has 0 aliphatic heterocycles. The smallest absolute Gasteiger partial charge is 0.145 e. The third kappa shape index (κ3) is 4.73. The molecule has 246 valence electrons. The van der Waals surface area contributed by atoms with Gasteiger partial charge in [0.15, 0.2) is 0 Å². The zero-order chi connectivity index (χ0) is 34.1. The number of benzene rings is 5. The fourth-order valence-corrected chi connectivity index (χ4v) is 9.33. The SMILES string of the molecule is CC1CC=Cc2cc(C3c4ccccc4C(c4ccc5ccccc5c4)=C4C=CC(c5nc6c(n5-c5ccccc5)C=CCC6)=CC43C)ccc21. The fraction of sp³-hybridized carbons (Fsp3) is 0.163. The van der Waals surface area contributed by atoms with Crippen molar-refractivity contribution >= 4 is 34.1 Å². The predicted molar refractivity (Wildman–Crippen MR) is 213 cm³/mol. The Morgan fingerprint density at radius 1 is 0.725 bits per heavy atom. The fourth-order valence-electron chi connectivity index (χ4n) is 9.33. The Morgan fingerprint density at radius 3 is 2.45 bits per heavy atom. The van der Waals surface area contributed by atoms with E-state index < -0.39 is 0 Å². The highest BCUT2D eigenvalue weighted by atomic mass is 15.1. The molecule has 3 unspecified atom stereocenters. The normalized spacial score (nSPS) is 21.6. The maximum Gasteiger partial charge on any atom is 0.145 e. The highest BCUT2D eigenvalue weighted by Crippen LogP contribution is 2.59. The number of hydrogen-bond donors (Lipinski definition) is 0. The Labute approximate surface area is 300 Å². The molecular weight excluding hydrogens is 617 g/mol. The van der Waals surface area contributed by atoms with E-state index in [1.165, 1.54) is 72.3 Å². The molecule has 1 heterocycles. The zero-order valence-corrected chi connectivity index (χ0v) is 29.2. The molecule has 0 bridgehead atoms. The summed E-state index contributed by atoms with van der Waals surface area (Å²) in [6.07, 6.45) is 19.6. The van der Waals surface area contributed by atoms with Crippen LogP contribution in [0, 0.1) is 5.41 Å². The first kappa shape index (κ1) is 30.1. The Hall–Kier alpha value is -5.73. The molecule has 1 aromatic heterocycles. The van der Waals surface area contributed by atoms with Crippen LogP contribution in [0.3, 0.4) is 0 Å². The van der Waals surface area contributed by atoms with Crippen LogP contribution in [0.2, 0.25) is 0 Å². The van der Waals surface area contributed by atoms with Crippen LogP contribution in [0.1, 0.15) is 89.1 Å². The summed E-state index contributed by atoms with van der Waals surface area (Å²) in [4.78, 5) is 5.41. The molecule has 4 aliphatic carbocycles. The van der Waals surface area contributed by atoms with Crippen LogP contribution in [0.4, 0.5) is 0 Å². The van der Waals surface area contributed by atoms with Gasteiger partial charge in [-0.2, -0.15) is 0 Å². The van der Waals surface area contributed by atoms with Gasteiger partial charge in [0.1, 0.15) is 5.82 Å². The van der Waals surface area contributed by atoms with Gasteiger partial charge in [-0.05, 0) is 105 Å². The molecule has 0 spiro atoms. The molecule has 6 aromatic rings. The summed E-state index contributed by atoms with van der Waals surface area (Å²) in [5.74, 6) is 1.66. The molecule has 0 saturated carbocycles. The van der Waals surface area contributed by atoms with Gasteiger partial charge in [-0.1, -0.05) is 147 Å². The van der Waals surface area contributed by atoms with E-state index in [2.05, 4.69) is 176 Å². The minimum absolute atomic E-state index is 0.110. The number of rotatable bonds is 4. The molecule has 0 saturated heterocycles. The van der Waals surface area contributed by atoms with Gasteiger partial charge in [0, 0.05) is 22.6 Å². The van der Waals surface area contributed by atoms with E-state index in [9.17, 15) is 0 Å². The van der Waals surface area contributed by atoms with Crippen LogP contribution < -0.4 is 0 Å². The van der Waals surface area contributed by atoms with E-state index in [0.29, 0.717) is 5.92 Å². The summed E-state index contributed by atoms with van der Waals surface area (Å²) in [6.45, 7) is 4.82. The van der Waals surface area contributed by atoms with Crippen molar-refractivity contribution in [2.24, 2.45) is 5.41 Å². The number of allylic oxidation sites excluding steroid dienone is 7. The van der Waals surface area contributed by atoms with Crippen molar-refractivity contribution in [3.05, 3.63) is 202 Å². The van der Waals surface area contributed by atoms with Gasteiger partial charge < -0.3 is 0 Å². The van der Waals surface area contributed by atoms with Crippen molar-refractivity contribution in [1.29, 1.82) is 0 Å². The van der Waals surface area contributed by atoms with Crippen molar-refractivity contribution in [2.45, 2.75) is 44.9 Å². The van der Waals surface area contributed by atoms with Crippen LogP contribution in [0.25, 0.3) is 39.8 Å². The first-order chi connectivity index (χ1) is 25.1. The van der Waals surface area contributed by atoms with E-state index in [-0.39, 0.29) is 11.3 Å². The first-order valence-corrected chi connectivity index (χ1v) is 18.5. The minimum atomic E-state index is -0.360. The van der Waals surface area contributed by atoms with E-state index >= 15 is 0 Å². The Bertz CT molecular complexity index is 2530. The average Bonchev–Trinajstić information content (AvgIpc) is 3.56. The largest absolute Gasteiger partial charge is 0.293 e. The van der Waals surface area contributed by atoms with E-state index in [4.69, 9.17) is 4.98 Å². The molecule has 10 rings (SSSR count). The molecule has 0 radical (unpaired) electrons. The van der Waals surface area contributed by atoms with Crippen LogP contribution >= 0.6 is 0 Å². The summed E-state index contributed by atoms with van der Waals surface area (Å²) in [5.41, 5.74) is 15.1. The molecule has 5 aromatic carbocycles. The number of aromatic nitrogens is 2. The summed E-state index contributed by atoms with van der Waals surface area (Å²) >= 11 is 0. The standard InChI is InChI=1S/C49H40N2/c1-32-13-12-16-35-30-37(25-27-40(32)35)47-42-20-9-8-19-41(42)46(36-24-23-33-14-6-7-15-34(33)29-36)43-28-26-38(31-49(43,47)2)48-50-44-21-10-11-22-45(44)51(48)39-17-4-3-5-18-39/h3-9,11-12,14-20,22-32,47H,10,13,21H2,1-2H3. The molecule has 2 heteroatoms. The number of para-hydroxylation sites is 1. The van der Waals surface area contributed by atoms with Gasteiger partial charge in [0.25, 0.3) is 0 Å². The number of fused-ring (bicyclic) bond motifs is 5. The van der Waals surface area contributed by atoms with Gasteiger partial charge >= 0.3 is 0 Å². The van der Waals surface area contributed by atoms with Crippen molar-refractivity contribution in [1.82, 2.24) is 9.55 Å². The first-order valence-electron chi connectivity index (χ1n) is 18.5. The Kier molecular flexibility index (Phi) is 6.89. The number of nitrogens with zero attached hydrogens (tertiary/aromatic N) is 2. The molecule has 51 heavy (non-hydrogen) atoms. The third-order valence-corrected chi connectivity index (χ3v) is 11.8. The number of imidazole rings is 1. The van der Waals surface area contributed by atoms with Crippen molar-refractivity contribution < 1.29 is 0 Å². The number of hydrogen-bond acceptors (Lipinski definition) is 1. The lowest BCUT2D eigenvalue weighted by atomic mass is 9.57. The van der Waals surface area contributed by atoms with Crippen LogP contribution in [-0.2, 0) is 6.42 Å². The highest BCUT2D eigenvalue weighted by Gasteiger charge is 2.45. The van der Waals surface area contributed by atoms with Gasteiger partial charge in [-0.3, -0.25) is 4.57 Å². The van der Waals surface area contributed by atoms with Gasteiger partial charge in [-0.15, -0.1) is 0 Å². The summed E-state index contributed by atoms with van der Waals surface area (Å²) in [6, 6.07) is 42.9. The molecule has 2 nitrogen and oxygen atoms in total. The maximum absolute atomic E-state index is 5.41. The molecule has 4 aliphatic rings. The summed E-state index contributed by atoms with van der Waals surface area (Å²) in [5, 5.41) is 2.53. The average molecular weight is 657 g/mol. The van der Waals surface area contributed by atoms with E-state index in [1.54, 1.807) is 0 Å². The van der Waals surface area contributed by atoms with Crippen LogP contribution in [0.15, 0.2) is 151 Å². The zero-order valence-electron chi connectivity index (χ0n) is 29.2. The second kappa shape index (κ2) is 11.7. The monoisotopic (exact) mass is 656 g/mol. The van der Waals surface area contributed by atoms with E-state index in [0.717, 1.165) is 30.8 Å². The summed E-state index contributed by atoms with van der Waals surface area (Å²) in [7, 11) is 0. The molecular formula is C49H40N2. The second-order valence-electron chi connectivity index (χ2n) is 14.9. The molecule has 3 atom stereocenters. The van der Waals surface area contributed by atoms with Crippen molar-refractivity contribution in [3.8, 4) is 5.69 Å². The predicted octanol–water partition coefficient (Wildman–Crippen LogP) is 12.1. The molecule has 0 N–H and O–H groups in total. The highest BCUT2D eigenvalue weighted by molar-refractivity contribution is 5.95. The van der Waals surface area contributed by atoms with Crippen molar-refractivity contribution in [2.75, 3.05) is 0 Å². The van der Waals surface area contributed by atoms with Gasteiger partial charge in [0.2, 0.25) is 0 Å². The van der Waals surface area contributed by atoms with Crippen LogP contribution in [-0.4, -0.2) is 9.55 Å². The Balaban J connectivity index is 1.24. The van der Waals surface area contributed by atoms with Crippen molar-refractivity contribution in [3.63, 3.8) is 0 Å². The molecule has 0 fully saturated rings. The Morgan fingerprint density at radius 2 is 1.55 bits per heavy atom. The molecule has 0 amide bonds. The lowest BCUT2D eigenvalue weighted by molar-refractivity contribution is 0.449. The topological polar surface area (TPSA) is 17.8 Å². The van der Waals surface area contributed by atoms with Crippen LogP contribution in [0.5, 0.6) is 0 Å². The van der Waals surface area contributed by atoms with Gasteiger partial charge in [-0.25, -0.2) is 4.98 Å². The maximum atomic E-state index is 5.41. The third-order valence-electron chi connectivity index (χ3n) is 11.8. The van der Waals surface area contributed by atoms with E-state index in [1.807, 2.05) is 0 Å². The quantitative estimate of drug-likeness (QED) is 0.185. The second-order valence-corrected chi connectivity index (χ2v) is 14.9.